The minimum atomic E-state index is -0.400. The third-order valence-electron chi connectivity index (χ3n) is 2.77. The van der Waals surface area contributed by atoms with Crippen molar-refractivity contribution in [2.24, 2.45) is 0 Å². The number of benzene rings is 2. The van der Waals surface area contributed by atoms with Crippen LogP contribution in [0.3, 0.4) is 0 Å². The van der Waals surface area contributed by atoms with E-state index in [1.165, 1.54) is 11.6 Å². The second kappa shape index (κ2) is 3.97. The minimum Gasteiger partial charge on any atom is -0.508 e. The van der Waals surface area contributed by atoms with Gasteiger partial charge in [-0.3, -0.25) is 0 Å². The first-order valence-electron chi connectivity index (χ1n) is 5.14. The Morgan fingerprint density at radius 2 is 1.69 bits per heavy atom. The van der Waals surface area contributed by atoms with E-state index in [1.54, 1.807) is 6.07 Å². The van der Waals surface area contributed by atoms with Crippen LogP contribution in [0.25, 0.3) is 11.1 Å². The smallest absolute Gasteiger partial charge is 0.134 e. The number of hydrogen-bond acceptors (Lipinski definition) is 1. The molecule has 16 heavy (non-hydrogen) atoms. The highest BCUT2D eigenvalue weighted by molar-refractivity contribution is 5.66. The van der Waals surface area contributed by atoms with E-state index < -0.39 is 5.82 Å². The van der Waals surface area contributed by atoms with Gasteiger partial charge in [-0.1, -0.05) is 18.2 Å². The maximum absolute atomic E-state index is 13.6. The SMILES string of the molecule is Cc1ccc(-c2ccc(O)cc2F)cc1C. The van der Waals surface area contributed by atoms with Gasteiger partial charge in [-0.25, -0.2) is 4.39 Å². The Morgan fingerprint density at radius 1 is 0.938 bits per heavy atom. The molecule has 0 aliphatic carbocycles. The monoisotopic (exact) mass is 216 g/mol. The molecular weight excluding hydrogens is 203 g/mol. The molecule has 82 valence electrons. The zero-order valence-corrected chi connectivity index (χ0v) is 9.29. The predicted octanol–water partition coefficient (Wildman–Crippen LogP) is 3.82. The second-order valence-electron chi connectivity index (χ2n) is 3.96. The van der Waals surface area contributed by atoms with E-state index in [0.29, 0.717) is 5.56 Å². The van der Waals surface area contributed by atoms with Crippen molar-refractivity contribution in [1.82, 2.24) is 0 Å². The van der Waals surface area contributed by atoms with E-state index in [9.17, 15) is 4.39 Å². The Bertz CT molecular complexity index is 532. The van der Waals surface area contributed by atoms with Crippen LogP contribution in [0.5, 0.6) is 5.75 Å². The first-order valence-corrected chi connectivity index (χ1v) is 5.14. The molecule has 0 saturated carbocycles. The second-order valence-corrected chi connectivity index (χ2v) is 3.96. The molecule has 2 aromatic rings. The van der Waals surface area contributed by atoms with Crippen LogP contribution in [0.4, 0.5) is 4.39 Å². The normalized spacial score (nSPS) is 10.4. The molecule has 0 bridgehead atoms. The molecule has 0 radical (unpaired) electrons. The van der Waals surface area contributed by atoms with Crippen LogP contribution < -0.4 is 0 Å². The number of aromatic hydroxyl groups is 1. The van der Waals surface area contributed by atoms with E-state index in [-0.39, 0.29) is 5.75 Å². The molecule has 1 N–H and O–H groups in total. The fourth-order valence-electron chi connectivity index (χ4n) is 1.65. The molecule has 0 saturated heterocycles. The van der Waals surface area contributed by atoms with Crippen molar-refractivity contribution in [2.45, 2.75) is 13.8 Å². The lowest BCUT2D eigenvalue weighted by Crippen LogP contribution is -1.87. The van der Waals surface area contributed by atoms with Crippen LogP contribution in [0.1, 0.15) is 11.1 Å². The maximum atomic E-state index is 13.6. The van der Waals surface area contributed by atoms with Crippen molar-refractivity contribution < 1.29 is 9.50 Å². The number of phenols is 1. The van der Waals surface area contributed by atoms with E-state index in [1.807, 2.05) is 32.0 Å². The molecule has 0 atom stereocenters. The Balaban J connectivity index is 2.54. The summed E-state index contributed by atoms with van der Waals surface area (Å²) < 4.78 is 13.6. The summed E-state index contributed by atoms with van der Waals surface area (Å²) in [5.41, 5.74) is 3.66. The van der Waals surface area contributed by atoms with Gasteiger partial charge >= 0.3 is 0 Å². The average Bonchev–Trinajstić information content (AvgIpc) is 2.22. The Kier molecular flexibility index (Phi) is 2.65. The number of rotatable bonds is 1. The topological polar surface area (TPSA) is 20.2 Å². The zero-order chi connectivity index (χ0) is 11.7. The standard InChI is InChI=1S/C14H13FO/c1-9-3-4-11(7-10(9)2)13-6-5-12(16)8-14(13)15/h3-8,16H,1-2H3. The van der Waals surface area contributed by atoms with E-state index in [0.717, 1.165) is 17.2 Å². The summed E-state index contributed by atoms with van der Waals surface area (Å²) in [6, 6.07) is 10.0. The quantitative estimate of drug-likeness (QED) is 0.768. The first kappa shape index (κ1) is 10.7. The maximum Gasteiger partial charge on any atom is 0.134 e. The predicted molar refractivity (Wildman–Crippen MR) is 63.0 cm³/mol. The number of hydrogen-bond donors (Lipinski definition) is 1. The number of phenolic OH excluding ortho intramolecular Hbond substituents is 1. The molecule has 0 aliphatic rings. The minimum absolute atomic E-state index is 0.0508. The van der Waals surface area contributed by atoms with E-state index >= 15 is 0 Å². The largest absolute Gasteiger partial charge is 0.508 e. The molecule has 0 fully saturated rings. The van der Waals surface area contributed by atoms with Gasteiger partial charge in [0.2, 0.25) is 0 Å². The molecule has 0 heterocycles. The first-order chi connectivity index (χ1) is 7.58. The van der Waals surface area contributed by atoms with Crippen LogP contribution in [0.2, 0.25) is 0 Å². The van der Waals surface area contributed by atoms with Crippen LogP contribution in [0.15, 0.2) is 36.4 Å². The summed E-state index contributed by atoms with van der Waals surface area (Å²) in [5.74, 6) is -0.451. The van der Waals surface area contributed by atoms with Gasteiger partial charge < -0.3 is 5.11 Å². The summed E-state index contributed by atoms with van der Waals surface area (Å²) >= 11 is 0. The average molecular weight is 216 g/mol. The lowest BCUT2D eigenvalue weighted by Gasteiger charge is -2.07. The molecule has 0 amide bonds. The number of halogens is 1. The van der Waals surface area contributed by atoms with Crippen LogP contribution >= 0.6 is 0 Å². The molecule has 2 aromatic carbocycles. The van der Waals surface area contributed by atoms with Crippen molar-refractivity contribution in [3.8, 4) is 16.9 Å². The van der Waals surface area contributed by atoms with Gasteiger partial charge in [0.1, 0.15) is 11.6 Å². The van der Waals surface area contributed by atoms with Crippen LogP contribution in [-0.4, -0.2) is 5.11 Å². The highest BCUT2D eigenvalue weighted by Crippen LogP contribution is 2.27. The fraction of sp³-hybridized carbons (Fsp3) is 0.143. The molecule has 2 rings (SSSR count). The highest BCUT2D eigenvalue weighted by atomic mass is 19.1. The van der Waals surface area contributed by atoms with Gasteiger partial charge in [0.05, 0.1) is 0 Å². The Morgan fingerprint density at radius 3 is 2.31 bits per heavy atom. The molecular formula is C14H13FO. The van der Waals surface area contributed by atoms with Crippen molar-refractivity contribution in [1.29, 1.82) is 0 Å². The summed E-state index contributed by atoms with van der Waals surface area (Å²) in [6.45, 7) is 4.02. The van der Waals surface area contributed by atoms with Crippen LogP contribution in [-0.2, 0) is 0 Å². The fourth-order valence-corrected chi connectivity index (χ4v) is 1.65. The zero-order valence-electron chi connectivity index (χ0n) is 9.29. The van der Waals surface area contributed by atoms with E-state index in [4.69, 9.17) is 5.11 Å². The highest BCUT2D eigenvalue weighted by Gasteiger charge is 2.06. The van der Waals surface area contributed by atoms with Gasteiger partial charge in [-0.15, -0.1) is 0 Å². The lowest BCUT2D eigenvalue weighted by atomic mass is 10.00. The molecule has 2 heteroatoms. The van der Waals surface area contributed by atoms with Gasteiger partial charge in [-0.05, 0) is 42.7 Å². The summed E-state index contributed by atoms with van der Waals surface area (Å²) in [6.07, 6.45) is 0. The molecule has 0 unspecified atom stereocenters. The van der Waals surface area contributed by atoms with Gasteiger partial charge in [-0.2, -0.15) is 0 Å². The van der Waals surface area contributed by atoms with Crippen molar-refractivity contribution >= 4 is 0 Å². The summed E-state index contributed by atoms with van der Waals surface area (Å²) in [7, 11) is 0. The third kappa shape index (κ3) is 1.91. The van der Waals surface area contributed by atoms with E-state index in [2.05, 4.69) is 0 Å². The Labute approximate surface area is 94.2 Å². The number of aryl methyl sites for hydroxylation is 2. The van der Waals surface area contributed by atoms with Gasteiger partial charge in [0.25, 0.3) is 0 Å². The van der Waals surface area contributed by atoms with Gasteiger partial charge in [0, 0.05) is 11.6 Å². The molecule has 0 aliphatic heterocycles. The summed E-state index contributed by atoms with van der Waals surface area (Å²) in [5, 5.41) is 9.14. The summed E-state index contributed by atoms with van der Waals surface area (Å²) in [4.78, 5) is 0. The Hall–Kier alpha value is -1.83. The lowest BCUT2D eigenvalue weighted by molar-refractivity contribution is 0.469. The van der Waals surface area contributed by atoms with Crippen molar-refractivity contribution in [3.63, 3.8) is 0 Å². The van der Waals surface area contributed by atoms with Crippen LogP contribution in [0, 0.1) is 19.7 Å². The van der Waals surface area contributed by atoms with Crippen molar-refractivity contribution in [3.05, 3.63) is 53.3 Å². The molecule has 0 aromatic heterocycles. The molecule has 1 nitrogen and oxygen atoms in total. The van der Waals surface area contributed by atoms with Gasteiger partial charge in [0.15, 0.2) is 0 Å². The third-order valence-corrected chi connectivity index (χ3v) is 2.77. The van der Waals surface area contributed by atoms with Crippen molar-refractivity contribution in [2.75, 3.05) is 0 Å². The molecule has 0 spiro atoms.